The van der Waals surface area contributed by atoms with Crippen molar-refractivity contribution in [2.24, 2.45) is 0 Å². The Bertz CT molecular complexity index is 489. The number of likely N-dealkylation sites (N-methyl/N-ethyl adjacent to an activating group) is 2. The number of hydrogen-bond donors (Lipinski definition) is 2. The second-order valence-corrected chi connectivity index (χ2v) is 4.82. The van der Waals surface area contributed by atoms with Crippen molar-refractivity contribution in [1.82, 2.24) is 10.6 Å². The lowest BCUT2D eigenvalue weighted by Crippen LogP contribution is -2.18. The van der Waals surface area contributed by atoms with E-state index in [2.05, 4.69) is 10.6 Å². The summed E-state index contributed by atoms with van der Waals surface area (Å²) in [6, 6.07) is 0. The highest BCUT2D eigenvalue weighted by atomic mass is 31.1. The van der Waals surface area contributed by atoms with Crippen LogP contribution >= 0.6 is 8.25 Å². The van der Waals surface area contributed by atoms with Gasteiger partial charge in [-0.05, 0) is 26.0 Å². The number of carbonyl (C=O) groups is 2. The summed E-state index contributed by atoms with van der Waals surface area (Å²) in [5.41, 5.74) is 0.960. The van der Waals surface area contributed by atoms with Crippen LogP contribution < -0.4 is 10.6 Å². The van der Waals surface area contributed by atoms with Crippen molar-refractivity contribution in [1.29, 1.82) is 0 Å². The molecule has 0 fully saturated rings. The molecule has 2 amide bonds. The monoisotopic (exact) mass is 327 g/mol. The van der Waals surface area contributed by atoms with Crippen molar-refractivity contribution in [2.75, 3.05) is 14.1 Å². The van der Waals surface area contributed by atoms with Crippen LogP contribution in [-0.2, 0) is 23.2 Å². The molecular weight excluding hydrogens is 307 g/mol. The Hall–Kier alpha value is -2.40. The maximum atomic E-state index is 11.3. The van der Waals surface area contributed by atoms with Crippen LogP contribution in [0.2, 0.25) is 0 Å². The van der Waals surface area contributed by atoms with Crippen molar-refractivity contribution < 1.29 is 23.2 Å². The van der Waals surface area contributed by atoms with Crippen molar-refractivity contribution in [2.45, 2.75) is 13.8 Å². The summed E-state index contributed by atoms with van der Waals surface area (Å²) >= 11 is 0. The Kier molecular flexibility index (Phi) is 10.0. The molecule has 2 N–H and O–H groups in total. The van der Waals surface area contributed by atoms with Gasteiger partial charge in [0.1, 0.15) is 0 Å². The molecule has 0 saturated carbocycles. The molecule has 0 aliphatic rings. The molecule has 0 aromatic heterocycles. The van der Waals surface area contributed by atoms with Gasteiger partial charge in [0.15, 0.2) is 12.5 Å². The zero-order chi connectivity index (χ0) is 17.0. The van der Waals surface area contributed by atoms with Crippen molar-refractivity contribution >= 4 is 20.1 Å². The van der Waals surface area contributed by atoms with Crippen LogP contribution in [0, 0.1) is 0 Å². The van der Waals surface area contributed by atoms with Gasteiger partial charge in [-0.1, -0.05) is 12.2 Å². The predicted molar refractivity (Wildman–Crippen MR) is 83.7 cm³/mol. The summed E-state index contributed by atoms with van der Waals surface area (Å²) in [6.45, 7) is 3.26. The summed E-state index contributed by atoms with van der Waals surface area (Å²) in [7, 11) is 0.687. The van der Waals surface area contributed by atoms with Crippen LogP contribution in [0.15, 0.2) is 48.0 Å². The van der Waals surface area contributed by atoms with Crippen molar-refractivity contribution in [3.63, 3.8) is 0 Å². The first-order valence-corrected chi connectivity index (χ1v) is 7.43. The van der Waals surface area contributed by atoms with E-state index in [1.54, 1.807) is 13.8 Å². The van der Waals surface area contributed by atoms with Gasteiger partial charge in [-0.15, -0.1) is 0 Å². The molecule has 0 bridgehead atoms. The first-order chi connectivity index (χ1) is 10.4. The van der Waals surface area contributed by atoms with Gasteiger partial charge < -0.3 is 10.6 Å². The van der Waals surface area contributed by atoms with Crippen LogP contribution in [0.1, 0.15) is 13.8 Å². The second kappa shape index (κ2) is 11.3. The lowest BCUT2D eigenvalue weighted by molar-refractivity contribution is -0.117. The first kappa shape index (κ1) is 19.6. The van der Waals surface area contributed by atoms with Crippen LogP contribution in [0.5, 0.6) is 0 Å². The minimum absolute atomic E-state index is 0.216. The lowest BCUT2D eigenvalue weighted by Gasteiger charge is -1.95. The molecular formula is C14H20N2O5P+. The number of carbonyl (C=O) groups excluding carboxylic acids is 2. The zero-order valence-corrected chi connectivity index (χ0v) is 13.8. The van der Waals surface area contributed by atoms with Crippen LogP contribution in [0.25, 0.3) is 0 Å². The van der Waals surface area contributed by atoms with Crippen LogP contribution in [-0.4, -0.2) is 25.9 Å². The summed E-state index contributed by atoms with van der Waals surface area (Å²) in [5, 5.41) is 4.93. The van der Waals surface area contributed by atoms with Crippen molar-refractivity contribution in [3.05, 3.63) is 48.0 Å². The average Bonchev–Trinajstić information content (AvgIpc) is 2.53. The highest BCUT2D eigenvalue weighted by molar-refractivity contribution is 7.33. The lowest BCUT2D eigenvalue weighted by atomic mass is 10.2. The van der Waals surface area contributed by atoms with Crippen LogP contribution in [0.4, 0.5) is 0 Å². The molecule has 0 saturated heterocycles. The van der Waals surface area contributed by atoms with Gasteiger partial charge in [0, 0.05) is 29.8 Å². The van der Waals surface area contributed by atoms with Gasteiger partial charge in [-0.3, -0.25) is 9.59 Å². The third kappa shape index (κ3) is 8.71. The Morgan fingerprint density at radius 3 is 1.55 bits per heavy atom. The number of allylic oxidation sites excluding steroid dienone is 4. The van der Waals surface area contributed by atoms with Crippen LogP contribution in [0.3, 0.4) is 0 Å². The summed E-state index contributed by atoms with van der Waals surface area (Å²) in [6.07, 6.45) is 8.19. The standard InChI is InChI=1S/C14H19N2O5P/c1-11(13(17)15-3)7-5-9-20-22(19)21-10-6-8-12(2)14(18)16-4/h5-10H,1-4H3,(H-,15,16,17,18)/p+1/b9-5+,10-6+,11-7-,12-8-. The second-order valence-electron chi connectivity index (χ2n) is 3.95. The molecule has 0 rings (SSSR count). The summed E-state index contributed by atoms with van der Waals surface area (Å²) in [5.74, 6) is -0.432. The molecule has 0 aliphatic heterocycles. The van der Waals surface area contributed by atoms with E-state index in [0.29, 0.717) is 11.1 Å². The fraction of sp³-hybridized carbons (Fsp3) is 0.286. The third-order valence-electron chi connectivity index (χ3n) is 2.31. The minimum atomic E-state index is -2.36. The molecule has 0 aromatic rings. The topological polar surface area (TPSA) is 93.7 Å². The minimum Gasteiger partial charge on any atom is -0.355 e. The summed E-state index contributed by atoms with van der Waals surface area (Å²) < 4.78 is 20.8. The molecule has 8 heteroatoms. The van der Waals surface area contributed by atoms with Gasteiger partial charge >= 0.3 is 8.25 Å². The largest absolute Gasteiger partial charge is 0.804 e. The van der Waals surface area contributed by atoms with Gasteiger partial charge in [0.2, 0.25) is 11.8 Å². The van der Waals surface area contributed by atoms with E-state index in [0.717, 1.165) is 12.5 Å². The SMILES string of the molecule is CNC(=O)/C(C)=C\C=C\O[P+](=O)O/C=C/C=C(/C)C(=O)NC. The smallest absolute Gasteiger partial charge is 0.355 e. The van der Waals surface area contributed by atoms with E-state index in [9.17, 15) is 14.2 Å². The quantitative estimate of drug-likeness (QED) is 0.308. The fourth-order valence-corrected chi connectivity index (χ4v) is 1.50. The molecule has 0 unspecified atom stereocenters. The molecule has 0 spiro atoms. The highest BCUT2D eigenvalue weighted by Gasteiger charge is 2.16. The molecule has 22 heavy (non-hydrogen) atoms. The zero-order valence-electron chi connectivity index (χ0n) is 13.0. The number of hydrogen-bond acceptors (Lipinski definition) is 5. The maximum Gasteiger partial charge on any atom is 0.804 e. The number of rotatable bonds is 8. The first-order valence-electron chi connectivity index (χ1n) is 6.34. The van der Waals surface area contributed by atoms with Gasteiger partial charge in [0.05, 0.1) is 0 Å². The van der Waals surface area contributed by atoms with E-state index in [1.165, 1.54) is 38.4 Å². The highest BCUT2D eigenvalue weighted by Crippen LogP contribution is 2.24. The maximum absolute atomic E-state index is 11.3. The van der Waals surface area contributed by atoms with Gasteiger partial charge in [-0.2, -0.15) is 0 Å². The van der Waals surface area contributed by atoms with E-state index in [1.807, 2.05) is 0 Å². The van der Waals surface area contributed by atoms with E-state index in [4.69, 9.17) is 9.05 Å². The van der Waals surface area contributed by atoms with E-state index >= 15 is 0 Å². The third-order valence-corrected chi connectivity index (χ3v) is 2.90. The fourth-order valence-electron chi connectivity index (χ4n) is 1.11. The van der Waals surface area contributed by atoms with Crippen molar-refractivity contribution in [3.8, 4) is 0 Å². The normalized spacial score (nSPS) is 13.2. The number of nitrogens with one attached hydrogen (secondary N) is 2. The Balaban J connectivity index is 4.21. The number of amides is 2. The Labute approximate surface area is 130 Å². The molecule has 0 atom stereocenters. The molecule has 7 nitrogen and oxygen atoms in total. The predicted octanol–water partition coefficient (Wildman–Crippen LogP) is 2.09. The van der Waals surface area contributed by atoms with Gasteiger partial charge in [0.25, 0.3) is 0 Å². The molecule has 0 aliphatic carbocycles. The Morgan fingerprint density at radius 2 is 1.23 bits per heavy atom. The van der Waals surface area contributed by atoms with E-state index < -0.39 is 8.25 Å². The molecule has 0 heterocycles. The average molecular weight is 327 g/mol. The molecule has 0 aromatic carbocycles. The summed E-state index contributed by atoms with van der Waals surface area (Å²) in [4.78, 5) is 22.3. The molecule has 120 valence electrons. The van der Waals surface area contributed by atoms with Gasteiger partial charge in [-0.25, -0.2) is 9.05 Å². The van der Waals surface area contributed by atoms with E-state index in [-0.39, 0.29) is 11.8 Å². The Morgan fingerprint density at radius 1 is 0.864 bits per heavy atom. The molecule has 0 radical (unpaired) electrons.